The van der Waals surface area contributed by atoms with Gasteiger partial charge in [-0.05, 0) is 44.1 Å². The van der Waals surface area contributed by atoms with Crippen molar-refractivity contribution in [3.63, 3.8) is 0 Å². The number of nitrogens with one attached hydrogen (secondary N) is 1. The number of hydrogen-bond donors (Lipinski definition) is 1. The highest BCUT2D eigenvalue weighted by molar-refractivity contribution is 5.74. The fraction of sp³-hybridized carbons (Fsp3) is 0.650. The fourth-order valence-corrected chi connectivity index (χ4v) is 3.78. The Kier molecular flexibility index (Phi) is 5.77. The third-order valence-corrected chi connectivity index (χ3v) is 5.47. The molecule has 2 fully saturated rings. The van der Waals surface area contributed by atoms with Gasteiger partial charge in [0.15, 0.2) is 0 Å². The average molecular weight is 329 g/mol. The Balaban J connectivity index is 1.41. The highest BCUT2D eigenvalue weighted by Gasteiger charge is 2.25. The molecule has 0 spiro atoms. The highest BCUT2D eigenvalue weighted by atomic mass is 16.2. The van der Waals surface area contributed by atoms with Gasteiger partial charge in [-0.15, -0.1) is 0 Å². The molecule has 0 saturated carbocycles. The van der Waals surface area contributed by atoms with Crippen LogP contribution in [0, 0.1) is 12.8 Å². The van der Waals surface area contributed by atoms with E-state index in [1.165, 1.54) is 11.1 Å². The van der Waals surface area contributed by atoms with Gasteiger partial charge in [0.1, 0.15) is 0 Å². The molecule has 4 nitrogen and oxygen atoms in total. The molecular weight excluding hydrogens is 298 g/mol. The van der Waals surface area contributed by atoms with Crippen LogP contribution in [0.1, 0.15) is 43.7 Å². The molecule has 1 aromatic carbocycles. The lowest BCUT2D eigenvalue weighted by Crippen LogP contribution is -2.50. The van der Waals surface area contributed by atoms with Crippen molar-refractivity contribution in [2.24, 2.45) is 5.92 Å². The van der Waals surface area contributed by atoms with Crippen molar-refractivity contribution in [3.8, 4) is 0 Å². The van der Waals surface area contributed by atoms with Gasteiger partial charge in [0.25, 0.3) is 0 Å². The summed E-state index contributed by atoms with van der Waals surface area (Å²) in [6, 6.07) is 9.25. The standard InChI is InChI=1S/C20H31N3O/c1-16-6-12-23(13-7-16)20(24)21-19-8-10-22(11-9-19)15-18-5-3-4-17(2)14-18/h3-5,14,16,19H,6-13,15H2,1-2H3,(H,21,24). The molecule has 132 valence electrons. The van der Waals surface area contributed by atoms with Gasteiger partial charge in [-0.1, -0.05) is 36.8 Å². The third-order valence-electron chi connectivity index (χ3n) is 5.47. The van der Waals surface area contributed by atoms with Gasteiger partial charge >= 0.3 is 6.03 Å². The topological polar surface area (TPSA) is 35.6 Å². The van der Waals surface area contributed by atoms with E-state index in [2.05, 4.69) is 48.3 Å². The molecule has 2 heterocycles. The second-order valence-corrected chi connectivity index (χ2v) is 7.66. The van der Waals surface area contributed by atoms with Crippen LogP contribution in [0.25, 0.3) is 0 Å². The van der Waals surface area contributed by atoms with E-state index in [0.29, 0.717) is 6.04 Å². The molecule has 0 atom stereocenters. The van der Waals surface area contributed by atoms with Gasteiger partial charge < -0.3 is 10.2 Å². The molecule has 4 heteroatoms. The van der Waals surface area contributed by atoms with Crippen LogP contribution in [0.15, 0.2) is 24.3 Å². The van der Waals surface area contributed by atoms with Crippen molar-refractivity contribution in [2.75, 3.05) is 26.2 Å². The van der Waals surface area contributed by atoms with Gasteiger partial charge in [0.2, 0.25) is 0 Å². The number of benzene rings is 1. The number of urea groups is 1. The second-order valence-electron chi connectivity index (χ2n) is 7.66. The molecule has 0 aromatic heterocycles. The first-order chi connectivity index (χ1) is 11.6. The summed E-state index contributed by atoms with van der Waals surface area (Å²) in [7, 11) is 0. The van der Waals surface area contributed by atoms with Gasteiger partial charge in [0.05, 0.1) is 0 Å². The third kappa shape index (κ3) is 4.73. The van der Waals surface area contributed by atoms with E-state index >= 15 is 0 Å². The van der Waals surface area contributed by atoms with Crippen LogP contribution in [0.3, 0.4) is 0 Å². The zero-order valence-corrected chi connectivity index (χ0v) is 15.1. The monoisotopic (exact) mass is 329 g/mol. The van der Waals surface area contributed by atoms with Crippen LogP contribution in [-0.4, -0.2) is 48.1 Å². The first-order valence-corrected chi connectivity index (χ1v) is 9.43. The lowest BCUT2D eigenvalue weighted by molar-refractivity contribution is 0.155. The Morgan fingerprint density at radius 2 is 1.83 bits per heavy atom. The summed E-state index contributed by atoms with van der Waals surface area (Å²) in [5.74, 6) is 0.763. The predicted octanol–water partition coefficient (Wildman–Crippen LogP) is 3.40. The Morgan fingerprint density at radius 3 is 2.50 bits per heavy atom. The molecule has 2 saturated heterocycles. The van der Waals surface area contributed by atoms with E-state index in [1.807, 2.05) is 4.90 Å². The minimum absolute atomic E-state index is 0.152. The van der Waals surface area contributed by atoms with Crippen LogP contribution in [0.2, 0.25) is 0 Å². The first kappa shape index (κ1) is 17.3. The van der Waals surface area contributed by atoms with Crippen molar-refractivity contribution < 1.29 is 4.79 Å². The summed E-state index contributed by atoms with van der Waals surface area (Å²) < 4.78 is 0. The van der Waals surface area contributed by atoms with Gasteiger partial charge in [0, 0.05) is 38.8 Å². The first-order valence-electron chi connectivity index (χ1n) is 9.43. The lowest BCUT2D eigenvalue weighted by Gasteiger charge is -2.35. The van der Waals surface area contributed by atoms with Gasteiger partial charge in [-0.2, -0.15) is 0 Å². The van der Waals surface area contributed by atoms with Crippen molar-refractivity contribution >= 4 is 6.03 Å². The Hall–Kier alpha value is -1.55. The minimum Gasteiger partial charge on any atom is -0.335 e. The highest BCUT2D eigenvalue weighted by Crippen LogP contribution is 2.18. The molecule has 2 aliphatic rings. The summed E-state index contributed by atoms with van der Waals surface area (Å²) in [4.78, 5) is 16.9. The molecular formula is C20H31N3O. The average Bonchev–Trinajstić information content (AvgIpc) is 2.57. The van der Waals surface area contributed by atoms with E-state index in [4.69, 9.17) is 0 Å². The number of rotatable bonds is 3. The summed E-state index contributed by atoms with van der Waals surface area (Å²) in [5, 5.41) is 3.26. The molecule has 0 bridgehead atoms. The van der Waals surface area contributed by atoms with E-state index in [0.717, 1.165) is 64.3 Å². The molecule has 24 heavy (non-hydrogen) atoms. The van der Waals surface area contributed by atoms with E-state index in [1.54, 1.807) is 0 Å². The SMILES string of the molecule is Cc1cccc(CN2CCC(NC(=O)N3CCC(C)CC3)CC2)c1. The normalized spacial score (nSPS) is 21.0. The van der Waals surface area contributed by atoms with Crippen LogP contribution >= 0.6 is 0 Å². The van der Waals surface area contributed by atoms with Gasteiger partial charge in [-0.3, -0.25) is 4.90 Å². The Bertz CT molecular complexity index is 544. The largest absolute Gasteiger partial charge is 0.335 e. The van der Waals surface area contributed by atoms with Crippen LogP contribution in [0.5, 0.6) is 0 Å². The number of aryl methyl sites for hydroxylation is 1. The zero-order valence-electron chi connectivity index (χ0n) is 15.1. The Morgan fingerprint density at radius 1 is 1.12 bits per heavy atom. The van der Waals surface area contributed by atoms with Crippen molar-refractivity contribution in [1.29, 1.82) is 0 Å². The molecule has 2 amide bonds. The second kappa shape index (κ2) is 8.02. The number of hydrogen-bond acceptors (Lipinski definition) is 2. The maximum absolute atomic E-state index is 12.4. The van der Waals surface area contributed by atoms with Crippen molar-refractivity contribution in [2.45, 2.75) is 52.1 Å². The summed E-state index contributed by atoms with van der Waals surface area (Å²) >= 11 is 0. The lowest BCUT2D eigenvalue weighted by atomic mass is 9.99. The summed E-state index contributed by atoms with van der Waals surface area (Å²) in [6.45, 7) is 9.41. The summed E-state index contributed by atoms with van der Waals surface area (Å²) in [6.07, 6.45) is 4.40. The molecule has 3 rings (SSSR count). The molecule has 0 aliphatic carbocycles. The van der Waals surface area contributed by atoms with E-state index in [9.17, 15) is 4.79 Å². The fourth-order valence-electron chi connectivity index (χ4n) is 3.78. The number of carbonyl (C=O) groups excluding carboxylic acids is 1. The predicted molar refractivity (Wildman–Crippen MR) is 98.0 cm³/mol. The minimum atomic E-state index is 0.152. The van der Waals surface area contributed by atoms with Crippen LogP contribution in [-0.2, 0) is 6.54 Å². The van der Waals surface area contributed by atoms with Crippen LogP contribution in [0.4, 0.5) is 4.79 Å². The number of amides is 2. The maximum atomic E-state index is 12.4. The maximum Gasteiger partial charge on any atom is 0.317 e. The van der Waals surface area contributed by atoms with Crippen LogP contribution < -0.4 is 5.32 Å². The number of piperidine rings is 2. The number of likely N-dealkylation sites (tertiary alicyclic amines) is 2. The number of carbonyl (C=O) groups is 1. The molecule has 1 aromatic rings. The van der Waals surface area contributed by atoms with E-state index in [-0.39, 0.29) is 6.03 Å². The van der Waals surface area contributed by atoms with Crippen molar-refractivity contribution in [3.05, 3.63) is 35.4 Å². The smallest absolute Gasteiger partial charge is 0.317 e. The molecule has 0 radical (unpaired) electrons. The molecule has 0 unspecified atom stereocenters. The number of nitrogens with zero attached hydrogens (tertiary/aromatic N) is 2. The molecule has 1 N–H and O–H groups in total. The summed E-state index contributed by atoms with van der Waals surface area (Å²) in [5.41, 5.74) is 2.71. The zero-order chi connectivity index (χ0) is 16.9. The Labute approximate surface area is 146 Å². The quantitative estimate of drug-likeness (QED) is 0.922. The molecule has 2 aliphatic heterocycles. The van der Waals surface area contributed by atoms with E-state index < -0.39 is 0 Å². The van der Waals surface area contributed by atoms with Gasteiger partial charge in [-0.25, -0.2) is 4.79 Å². The van der Waals surface area contributed by atoms with Crippen molar-refractivity contribution in [1.82, 2.24) is 15.1 Å².